The summed E-state index contributed by atoms with van der Waals surface area (Å²) < 4.78 is 16.1. The molecule has 3 aromatic rings. The highest BCUT2D eigenvalue weighted by molar-refractivity contribution is 5.89. The van der Waals surface area contributed by atoms with Gasteiger partial charge < -0.3 is 13.9 Å². The van der Waals surface area contributed by atoms with Crippen molar-refractivity contribution in [3.8, 4) is 23.0 Å². The van der Waals surface area contributed by atoms with Gasteiger partial charge in [0.15, 0.2) is 12.0 Å². The van der Waals surface area contributed by atoms with Gasteiger partial charge in [-0.3, -0.25) is 4.79 Å². The third kappa shape index (κ3) is 3.92. The Morgan fingerprint density at radius 2 is 2.08 bits per heavy atom. The molecule has 0 bridgehead atoms. The lowest BCUT2D eigenvalue weighted by molar-refractivity contribution is 0.0525. The number of hydrogen-bond donors (Lipinski definition) is 0. The molecule has 0 atom stereocenters. The predicted molar refractivity (Wildman–Crippen MR) is 89.8 cm³/mol. The Bertz CT molecular complexity index is 900. The molecule has 3 rings (SSSR count). The number of ether oxygens (including phenoxy) is 2. The first-order valence-corrected chi connectivity index (χ1v) is 7.66. The minimum atomic E-state index is -0.430. The molecule has 6 nitrogen and oxygen atoms in total. The van der Waals surface area contributed by atoms with Gasteiger partial charge in [-0.15, -0.1) is 0 Å². The van der Waals surface area contributed by atoms with E-state index in [-0.39, 0.29) is 11.6 Å². The number of rotatable bonds is 6. The number of pyridine rings is 1. The van der Waals surface area contributed by atoms with E-state index in [9.17, 15) is 9.59 Å². The van der Waals surface area contributed by atoms with Crippen molar-refractivity contribution in [3.05, 3.63) is 66.1 Å². The van der Waals surface area contributed by atoms with E-state index in [0.29, 0.717) is 30.0 Å². The van der Waals surface area contributed by atoms with E-state index in [1.54, 1.807) is 43.3 Å². The molecule has 0 spiro atoms. The number of carbonyl (C=O) groups is 2. The lowest BCUT2D eigenvalue weighted by atomic mass is 10.1. The van der Waals surface area contributed by atoms with E-state index < -0.39 is 5.97 Å². The molecule has 0 saturated heterocycles. The van der Waals surface area contributed by atoms with Gasteiger partial charge in [-0.1, -0.05) is 12.1 Å². The normalized spacial score (nSPS) is 10.3. The van der Waals surface area contributed by atoms with Gasteiger partial charge in [0.05, 0.1) is 12.2 Å². The zero-order valence-corrected chi connectivity index (χ0v) is 13.5. The number of hydrogen-bond acceptors (Lipinski definition) is 6. The van der Waals surface area contributed by atoms with Crippen LogP contribution in [0.1, 0.15) is 27.8 Å². The summed E-state index contributed by atoms with van der Waals surface area (Å²) in [6.07, 6.45) is 2.13. The first kappa shape index (κ1) is 16.4. The summed E-state index contributed by atoms with van der Waals surface area (Å²) in [6, 6.07) is 13.5. The number of aldehydes is 1. The summed E-state index contributed by atoms with van der Waals surface area (Å²) in [7, 11) is 0. The highest BCUT2D eigenvalue weighted by Crippen LogP contribution is 2.28. The maximum absolute atomic E-state index is 11.8. The highest BCUT2D eigenvalue weighted by Gasteiger charge is 2.10. The van der Waals surface area contributed by atoms with Crippen molar-refractivity contribution >= 4 is 12.3 Å². The van der Waals surface area contributed by atoms with Crippen molar-refractivity contribution in [1.82, 2.24) is 4.98 Å². The van der Waals surface area contributed by atoms with E-state index in [4.69, 9.17) is 13.9 Å². The Kier molecular flexibility index (Phi) is 4.89. The maximum Gasteiger partial charge on any atom is 0.338 e. The van der Waals surface area contributed by atoms with Gasteiger partial charge in [-0.2, -0.15) is 0 Å². The van der Waals surface area contributed by atoms with Crippen molar-refractivity contribution in [1.29, 1.82) is 0 Å². The van der Waals surface area contributed by atoms with Gasteiger partial charge in [-0.05, 0) is 37.3 Å². The molecule has 0 unspecified atom stereocenters. The molecule has 0 radical (unpaired) electrons. The second-order valence-corrected chi connectivity index (χ2v) is 5.05. The molecule has 0 N–H and O–H groups in total. The van der Waals surface area contributed by atoms with Crippen LogP contribution in [0.5, 0.6) is 11.6 Å². The number of carbonyl (C=O) groups excluding carboxylic acids is 2. The number of nitrogens with zero attached hydrogens (tertiary/aromatic N) is 1. The third-order valence-electron chi connectivity index (χ3n) is 3.33. The largest absolute Gasteiger partial charge is 0.462 e. The molecule has 0 aliphatic rings. The SMILES string of the molecule is CCOC(=O)c1ccnc(Oc2cccc(-c3ccc(C=O)o3)c2)c1. The Balaban J connectivity index is 1.81. The van der Waals surface area contributed by atoms with Crippen molar-refractivity contribution in [2.24, 2.45) is 0 Å². The highest BCUT2D eigenvalue weighted by atomic mass is 16.5. The van der Waals surface area contributed by atoms with E-state index in [1.165, 1.54) is 12.3 Å². The van der Waals surface area contributed by atoms with Gasteiger partial charge >= 0.3 is 5.97 Å². The number of aromatic nitrogens is 1. The van der Waals surface area contributed by atoms with Gasteiger partial charge in [0.25, 0.3) is 0 Å². The topological polar surface area (TPSA) is 78.6 Å². The molecule has 0 fully saturated rings. The van der Waals surface area contributed by atoms with E-state index in [2.05, 4.69) is 4.98 Å². The van der Waals surface area contributed by atoms with Gasteiger partial charge in [0.2, 0.25) is 5.88 Å². The summed E-state index contributed by atoms with van der Waals surface area (Å²) in [5, 5.41) is 0. The molecule has 2 aromatic heterocycles. The van der Waals surface area contributed by atoms with Crippen LogP contribution >= 0.6 is 0 Å². The molecule has 0 amide bonds. The van der Waals surface area contributed by atoms with Gasteiger partial charge in [0.1, 0.15) is 11.5 Å². The minimum absolute atomic E-state index is 0.255. The van der Waals surface area contributed by atoms with Crippen LogP contribution in [0.15, 0.2) is 59.1 Å². The predicted octanol–water partition coefficient (Wildman–Crippen LogP) is 4.12. The molecule has 0 aliphatic heterocycles. The summed E-state index contributed by atoms with van der Waals surface area (Å²) in [5.41, 5.74) is 1.12. The Morgan fingerprint density at radius 1 is 1.20 bits per heavy atom. The molecule has 25 heavy (non-hydrogen) atoms. The molecule has 2 heterocycles. The maximum atomic E-state index is 11.8. The molecule has 0 saturated carbocycles. The van der Waals surface area contributed by atoms with Crippen molar-refractivity contribution in [2.45, 2.75) is 6.92 Å². The second kappa shape index (κ2) is 7.44. The Hall–Kier alpha value is -3.41. The number of esters is 1. The van der Waals surface area contributed by atoms with Crippen LogP contribution in [0, 0.1) is 0 Å². The van der Waals surface area contributed by atoms with Crippen LogP contribution in [0.2, 0.25) is 0 Å². The number of benzene rings is 1. The van der Waals surface area contributed by atoms with Crippen molar-refractivity contribution < 1.29 is 23.5 Å². The molecular formula is C19H15NO5. The van der Waals surface area contributed by atoms with Crippen LogP contribution in [0.25, 0.3) is 11.3 Å². The van der Waals surface area contributed by atoms with Crippen LogP contribution in [0.4, 0.5) is 0 Å². The lowest BCUT2D eigenvalue weighted by Crippen LogP contribution is -2.04. The van der Waals surface area contributed by atoms with Gasteiger partial charge in [-0.25, -0.2) is 9.78 Å². The fraction of sp³-hybridized carbons (Fsp3) is 0.105. The lowest BCUT2D eigenvalue weighted by Gasteiger charge is -2.07. The van der Waals surface area contributed by atoms with E-state index in [1.807, 2.05) is 6.07 Å². The molecule has 0 aliphatic carbocycles. The molecule has 6 heteroatoms. The fourth-order valence-corrected chi connectivity index (χ4v) is 2.21. The smallest absolute Gasteiger partial charge is 0.338 e. The monoisotopic (exact) mass is 337 g/mol. The molecular weight excluding hydrogens is 322 g/mol. The first-order chi connectivity index (χ1) is 12.2. The molecule has 126 valence electrons. The average Bonchev–Trinajstić information content (AvgIpc) is 3.12. The second-order valence-electron chi connectivity index (χ2n) is 5.05. The summed E-state index contributed by atoms with van der Waals surface area (Å²) in [4.78, 5) is 26.6. The Morgan fingerprint density at radius 3 is 2.84 bits per heavy atom. The minimum Gasteiger partial charge on any atom is -0.462 e. The summed E-state index contributed by atoms with van der Waals surface area (Å²) in [5.74, 6) is 1.18. The van der Waals surface area contributed by atoms with Crippen LogP contribution in [0.3, 0.4) is 0 Å². The fourth-order valence-electron chi connectivity index (χ4n) is 2.21. The molecule has 1 aromatic carbocycles. The summed E-state index contributed by atoms with van der Waals surface area (Å²) in [6.45, 7) is 2.04. The summed E-state index contributed by atoms with van der Waals surface area (Å²) >= 11 is 0. The van der Waals surface area contributed by atoms with Gasteiger partial charge in [0, 0.05) is 17.8 Å². The zero-order valence-electron chi connectivity index (χ0n) is 13.5. The van der Waals surface area contributed by atoms with Crippen LogP contribution in [-0.2, 0) is 4.74 Å². The van der Waals surface area contributed by atoms with Crippen LogP contribution < -0.4 is 4.74 Å². The first-order valence-electron chi connectivity index (χ1n) is 7.66. The number of furan rings is 1. The third-order valence-corrected chi connectivity index (χ3v) is 3.33. The average molecular weight is 337 g/mol. The van der Waals surface area contributed by atoms with Crippen molar-refractivity contribution in [2.75, 3.05) is 6.61 Å². The van der Waals surface area contributed by atoms with E-state index >= 15 is 0 Å². The van der Waals surface area contributed by atoms with Crippen LogP contribution in [-0.4, -0.2) is 23.8 Å². The zero-order chi connectivity index (χ0) is 17.6. The van der Waals surface area contributed by atoms with Crippen molar-refractivity contribution in [3.63, 3.8) is 0 Å². The standard InChI is InChI=1S/C19H15NO5/c1-2-23-19(22)14-8-9-20-18(11-14)25-15-5-3-4-13(10-15)17-7-6-16(12-21)24-17/h3-12H,2H2,1H3. The quantitative estimate of drug-likeness (QED) is 0.497. The van der Waals surface area contributed by atoms with E-state index in [0.717, 1.165) is 5.56 Å². The Labute approximate surface area is 144 Å².